The molecule has 2 N–H and O–H groups in total. The van der Waals surface area contributed by atoms with E-state index < -0.39 is 0 Å². The summed E-state index contributed by atoms with van der Waals surface area (Å²) in [5.41, 5.74) is 3.13. The summed E-state index contributed by atoms with van der Waals surface area (Å²) in [6, 6.07) is 12.8. The molecule has 0 unspecified atom stereocenters. The number of aryl methyl sites for hydroxylation is 1. The number of benzene rings is 1. The van der Waals surface area contributed by atoms with E-state index in [1.807, 2.05) is 25.1 Å². The third-order valence-electron chi connectivity index (χ3n) is 3.68. The molecule has 1 aromatic carbocycles. The molecule has 21 heavy (non-hydrogen) atoms. The first-order valence-corrected chi connectivity index (χ1v) is 7.37. The topological polar surface area (TPSA) is 53.9 Å². The molecule has 0 spiro atoms. The van der Waals surface area contributed by atoms with Crippen LogP contribution in [-0.4, -0.2) is 16.2 Å². The first kappa shape index (κ1) is 13.9. The number of nitrogens with zero attached hydrogens (tertiary/aromatic N) is 1. The van der Waals surface area contributed by atoms with Gasteiger partial charge in [-0.25, -0.2) is 0 Å². The lowest BCUT2D eigenvalue weighted by Crippen LogP contribution is -2.30. The molecule has 0 fully saturated rings. The monoisotopic (exact) mass is 283 g/mol. The molecular weight excluding hydrogens is 262 g/mol. The zero-order valence-electron chi connectivity index (χ0n) is 12.7. The van der Waals surface area contributed by atoms with Gasteiger partial charge < -0.3 is 9.73 Å². The van der Waals surface area contributed by atoms with Crippen molar-refractivity contribution >= 4 is 11.0 Å². The maximum atomic E-state index is 5.90. The van der Waals surface area contributed by atoms with E-state index in [2.05, 4.69) is 47.6 Å². The molecule has 0 aliphatic rings. The highest BCUT2D eigenvalue weighted by Gasteiger charge is 2.15. The highest BCUT2D eigenvalue weighted by molar-refractivity contribution is 5.77. The second kappa shape index (κ2) is 5.74. The Morgan fingerprint density at radius 3 is 2.76 bits per heavy atom. The fourth-order valence-corrected chi connectivity index (χ4v) is 2.68. The number of rotatable bonds is 5. The van der Waals surface area contributed by atoms with Crippen LogP contribution in [-0.2, 0) is 6.42 Å². The molecule has 2 atom stereocenters. The van der Waals surface area contributed by atoms with Gasteiger partial charge in [-0.05, 0) is 39.0 Å². The van der Waals surface area contributed by atoms with Gasteiger partial charge in [-0.3, -0.25) is 5.10 Å². The Morgan fingerprint density at radius 1 is 1.24 bits per heavy atom. The molecule has 0 amide bonds. The fourth-order valence-electron chi connectivity index (χ4n) is 2.68. The van der Waals surface area contributed by atoms with E-state index >= 15 is 0 Å². The van der Waals surface area contributed by atoms with E-state index in [1.54, 1.807) is 0 Å². The molecule has 4 nitrogen and oxygen atoms in total. The van der Waals surface area contributed by atoms with E-state index in [1.165, 1.54) is 0 Å². The summed E-state index contributed by atoms with van der Waals surface area (Å²) < 4.78 is 5.90. The van der Waals surface area contributed by atoms with Crippen LogP contribution in [0.3, 0.4) is 0 Å². The SMILES string of the molecule is Cc1cc(C[C@@H](C)N[C@@H](C)c2cc3ccccc3o2)n[nH]1. The van der Waals surface area contributed by atoms with Gasteiger partial charge in [0.05, 0.1) is 11.7 Å². The zero-order valence-corrected chi connectivity index (χ0v) is 12.7. The summed E-state index contributed by atoms with van der Waals surface area (Å²) in [5.74, 6) is 0.973. The molecular formula is C17H21N3O. The normalized spacial score (nSPS) is 14.4. The minimum absolute atomic E-state index is 0.174. The molecule has 3 rings (SSSR count). The van der Waals surface area contributed by atoms with E-state index in [9.17, 15) is 0 Å². The van der Waals surface area contributed by atoms with Crippen LogP contribution >= 0.6 is 0 Å². The number of para-hydroxylation sites is 1. The quantitative estimate of drug-likeness (QED) is 0.750. The van der Waals surface area contributed by atoms with E-state index in [0.717, 1.165) is 34.5 Å². The van der Waals surface area contributed by atoms with Gasteiger partial charge >= 0.3 is 0 Å². The second-order valence-corrected chi connectivity index (χ2v) is 5.72. The molecule has 2 heterocycles. The number of H-pyrrole nitrogens is 1. The third-order valence-corrected chi connectivity index (χ3v) is 3.68. The van der Waals surface area contributed by atoms with Crippen LogP contribution in [0.25, 0.3) is 11.0 Å². The number of hydrogen-bond donors (Lipinski definition) is 2. The summed E-state index contributed by atoms with van der Waals surface area (Å²) in [5, 5.41) is 12.0. The van der Waals surface area contributed by atoms with Crippen LogP contribution in [0.5, 0.6) is 0 Å². The Kier molecular flexibility index (Phi) is 3.80. The summed E-state index contributed by atoms with van der Waals surface area (Å²) in [4.78, 5) is 0. The van der Waals surface area contributed by atoms with Gasteiger partial charge in [-0.15, -0.1) is 0 Å². The minimum Gasteiger partial charge on any atom is -0.459 e. The van der Waals surface area contributed by atoms with E-state index in [-0.39, 0.29) is 6.04 Å². The second-order valence-electron chi connectivity index (χ2n) is 5.72. The molecule has 0 aliphatic heterocycles. The number of aromatic amines is 1. The number of furan rings is 1. The lowest BCUT2D eigenvalue weighted by Gasteiger charge is -2.17. The van der Waals surface area contributed by atoms with Crippen molar-refractivity contribution < 1.29 is 4.42 Å². The summed E-state index contributed by atoms with van der Waals surface area (Å²) in [6.07, 6.45) is 0.898. The molecule has 0 saturated carbocycles. The molecule has 0 aliphatic carbocycles. The average molecular weight is 283 g/mol. The van der Waals surface area contributed by atoms with E-state index in [0.29, 0.717) is 6.04 Å². The summed E-state index contributed by atoms with van der Waals surface area (Å²) in [6.45, 7) is 6.32. The van der Waals surface area contributed by atoms with E-state index in [4.69, 9.17) is 4.42 Å². The lowest BCUT2D eigenvalue weighted by molar-refractivity contribution is 0.408. The van der Waals surface area contributed by atoms with Crippen LogP contribution in [0.15, 0.2) is 40.8 Å². The lowest BCUT2D eigenvalue weighted by atomic mass is 10.1. The summed E-state index contributed by atoms with van der Waals surface area (Å²) >= 11 is 0. The predicted molar refractivity (Wildman–Crippen MR) is 84.3 cm³/mol. The Bertz CT molecular complexity index is 695. The summed E-state index contributed by atoms with van der Waals surface area (Å²) in [7, 11) is 0. The molecule has 110 valence electrons. The van der Waals surface area contributed by atoms with Crippen LogP contribution in [0, 0.1) is 6.92 Å². The number of nitrogens with one attached hydrogen (secondary N) is 2. The number of hydrogen-bond acceptors (Lipinski definition) is 3. The maximum Gasteiger partial charge on any atom is 0.134 e. The predicted octanol–water partition coefficient (Wildman–Crippen LogP) is 3.75. The molecule has 0 radical (unpaired) electrons. The van der Waals surface area contributed by atoms with Crippen LogP contribution in [0.1, 0.15) is 37.0 Å². The molecule has 0 saturated heterocycles. The standard InChI is InChI=1S/C17H21N3O/c1-11(8-15-9-12(2)19-20-15)18-13(3)17-10-14-6-4-5-7-16(14)21-17/h4-7,9-11,13,18H,8H2,1-3H3,(H,19,20)/t11-,13+/m1/s1. The Balaban J connectivity index is 1.66. The van der Waals surface area contributed by atoms with Crippen molar-refractivity contribution in [1.29, 1.82) is 0 Å². The van der Waals surface area contributed by atoms with Gasteiger partial charge in [-0.1, -0.05) is 18.2 Å². The van der Waals surface area contributed by atoms with Crippen molar-refractivity contribution in [2.24, 2.45) is 0 Å². The highest BCUT2D eigenvalue weighted by Crippen LogP contribution is 2.24. The molecule has 2 aromatic heterocycles. The minimum atomic E-state index is 0.174. The Hall–Kier alpha value is -2.07. The van der Waals surface area contributed by atoms with Crippen molar-refractivity contribution in [3.05, 3.63) is 53.5 Å². The van der Waals surface area contributed by atoms with Crippen LogP contribution in [0.2, 0.25) is 0 Å². The van der Waals surface area contributed by atoms with Gasteiger partial charge in [0.15, 0.2) is 0 Å². The highest BCUT2D eigenvalue weighted by atomic mass is 16.3. The first-order chi connectivity index (χ1) is 10.1. The average Bonchev–Trinajstić information content (AvgIpc) is 3.04. The van der Waals surface area contributed by atoms with Gasteiger partial charge in [0.1, 0.15) is 11.3 Å². The van der Waals surface area contributed by atoms with Crippen LogP contribution in [0.4, 0.5) is 0 Å². The van der Waals surface area contributed by atoms with Crippen molar-refractivity contribution in [2.75, 3.05) is 0 Å². The molecule has 4 heteroatoms. The molecule has 3 aromatic rings. The van der Waals surface area contributed by atoms with Gasteiger partial charge in [0, 0.05) is 23.5 Å². The Morgan fingerprint density at radius 2 is 2.05 bits per heavy atom. The van der Waals surface area contributed by atoms with Crippen molar-refractivity contribution in [1.82, 2.24) is 15.5 Å². The third kappa shape index (κ3) is 3.16. The zero-order chi connectivity index (χ0) is 14.8. The number of aromatic nitrogens is 2. The van der Waals surface area contributed by atoms with Gasteiger partial charge in [0.25, 0.3) is 0 Å². The van der Waals surface area contributed by atoms with Crippen molar-refractivity contribution in [3.8, 4) is 0 Å². The smallest absolute Gasteiger partial charge is 0.134 e. The first-order valence-electron chi connectivity index (χ1n) is 7.37. The largest absolute Gasteiger partial charge is 0.459 e. The van der Waals surface area contributed by atoms with Crippen molar-refractivity contribution in [2.45, 2.75) is 39.3 Å². The van der Waals surface area contributed by atoms with Gasteiger partial charge in [-0.2, -0.15) is 5.10 Å². The van der Waals surface area contributed by atoms with Gasteiger partial charge in [0.2, 0.25) is 0 Å². The van der Waals surface area contributed by atoms with Crippen molar-refractivity contribution in [3.63, 3.8) is 0 Å². The fraction of sp³-hybridized carbons (Fsp3) is 0.353. The number of fused-ring (bicyclic) bond motifs is 1. The maximum absolute atomic E-state index is 5.90. The molecule has 0 bridgehead atoms. The Labute approximate surface area is 124 Å². The van der Waals surface area contributed by atoms with Crippen LogP contribution < -0.4 is 5.32 Å².